The molecule has 0 fully saturated rings. The van der Waals surface area contributed by atoms with Crippen LogP contribution >= 0.6 is 7.82 Å². The van der Waals surface area contributed by atoms with Gasteiger partial charge >= 0.3 is 13.8 Å². The maximum atomic E-state index is 10.7. The van der Waals surface area contributed by atoms with Gasteiger partial charge in [0.15, 0.2) is 0 Å². The Bertz CT molecular complexity index is 255. The van der Waals surface area contributed by atoms with Crippen molar-refractivity contribution in [2.24, 2.45) is 0 Å². The Balaban J connectivity index is 3.44. The number of rotatable bonds is 6. The van der Waals surface area contributed by atoms with Gasteiger partial charge in [-0.2, -0.15) is 0 Å². The van der Waals surface area contributed by atoms with Crippen molar-refractivity contribution < 1.29 is 33.4 Å². The van der Waals surface area contributed by atoms with Crippen molar-refractivity contribution in [1.29, 1.82) is 0 Å². The Morgan fingerprint density at radius 2 is 2.00 bits per heavy atom. The van der Waals surface area contributed by atoms with Crippen molar-refractivity contribution in [3.8, 4) is 0 Å². The summed E-state index contributed by atoms with van der Waals surface area (Å²) in [4.78, 5) is 31.1. The van der Waals surface area contributed by atoms with Crippen LogP contribution in [0.15, 0.2) is 12.2 Å². The lowest BCUT2D eigenvalue weighted by Crippen LogP contribution is -2.10. The zero-order valence-electron chi connectivity index (χ0n) is 7.50. The fourth-order valence-electron chi connectivity index (χ4n) is 0.398. The van der Waals surface area contributed by atoms with Crippen molar-refractivity contribution in [3.63, 3.8) is 0 Å². The number of esters is 1. The minimum atomic E-state index is -4.63. The molecular weight excluding hydrogens is 215 g/mol. The molecule has 0 spiro atoms. The van der Waals surface area contributed by atoms with Gasteiger partial charge in [0.2, 0.25) is 0 Å². The second-order valence-corrected chi connectivity index (χ2v) is 3.43. The predicted molar refractivity (Wildman–Crippen MR) is 44.9 cm³/mol. The van der Waals surface area contributed by atoms with E-state index in [9.17, 15) is 9.36 Å². The lowest BCUT2D eigenvalue weighted by Gasteiger charge is -2.05. The van der Waals surface area contributed by atoms with Gasteiger partial charge in [-0.1, -0.05) is 6.58 Å². The summed E-state index contributed by atoms with van der Waals surface area (Å²) in [5.74, 6) is -0.607. The Kier molecular flexibility index (Phi) is 5.59. The largest absolute Gasteiger partial charge is 0.496 e. The predicted octanol–water partition coefficient (Wildman–Crippen LogP) is 0.147. The van der Waals surface area contributed by atoms with Crippen LogP contribution in [-0.2, 0) is 23.7 Å². The van der Waals surface area contributed by atoms with Crippen LogP contribution in [0.4, 0.5) is 0 Å². The Hall–Kier alpha value is -0.720. The van der Waals surface area contributed by atoms with E-state index >= 15 is 0 Å². The molecule has 0 aliphatic rings. The third-order valence-electron chi connectivity index (χ3n) is 0.898. The first kappa shape index (κ1) is 13.3. The summed E-state index contributed by atoms with van der Waals surface area (Å²) in [5.41, 5.74) is 0.223. The highest BCUT2D eigenvalue weighted by atomic mass is 31.2. The van der Waals surface area contributed by atoms with E-state index in [1.54, 1.807) is 0 Å². The highest BCUT2D eigenvalue weighted by Crippen LogP contribution is 2.35. The quantitative estimate of drug-likeness (QED) is 0.166. The molecule has 0 unspecified atom stereocenters. The van der Waals surface area contributed by atoms with E-state index in [-0.39, 0.29) is 18.8 Å². The molecule has 0 aliphatic carbocycles. The van der Waals surface area contributed by atoms with Crippen LogP contribution in [0.5, 0.6) is 0 Å². The van der Waals surface area contributed by atoms with E-state index in [0.29, 0.717) is 0 Å². The van der Waals surface area contributed by atoms with Gasteiger partial charge in [0, 0.05) is 5.57 Å². The molecule has 2 N–H and O–H groups in total. The van der Waals surface area contributed by atoms with Gasteiger partial charge in [0.25, 0.3) is 0 Å². The number of carbonyl (C=O) groups is 1. The van der Waals surface area contributed by atoms with E-state index in [1.165, 1.54) is 6.92 Å². The van der Waals surface area contributed by atoms with Crippen molar-refractivity contribution >= 4 is 13.8 Å². The number of hydrogen-bond acceptors (Lipinski definition) is 5. The van der Waals surface area contributed by atoms with E-state index < -0.39 is 13.8 Å². The standard InChI is InChI=1S/C6H11O7P/c1-5(2)6(7)11-3-4-12-13-14(8,9)10/h1,3-4H2,2H3,(H2,8,9,10). The molecule has 0 aromatic carbocycles. The lowest BCUT2D eigenvalue weighted by molar-refractivity contribution is -0.228. The highest BCUT2D eigenvalue weighted by molar-refractivity contribution is 7.46. The number of hydrogen-bond donors (Lipinski definition) is 2. The molecule has 0 saturated heterocycles. The Morgan fingerprint density at radius 3 is 2.43 bits per heavy atom. The Morgan fingerprint density at radius 1 is 1.43 bits per heavy atom. The third kappa shape index (κ3) is 7.90. The molecular formula is C6H11O7P. The monoisotopic (exact) mass is 226 g/mol. The molecule has 14 heavy (non-hydrogen) atoms. The zero-order valence-corrected chi connectivity index (χ0v) is 8.40. The van der Waals surface area contributed by atoms with Crippen LogP contribution in [0.1, 0.15) is 6.92 Å². The normalized spacial score (nSPS) is 11.1. The molecule has 0 aromatic rings. The summed E-state index contributed by atoms with van der Waals surface area (Å²) >= 11 is 0. The number of carbonyl (C=O) groups excluding carboxylic acids is 1. The van der Waals surface area contributed by atoms with Crippen LogP contribution in [0.25, 0.3) is 0 Å². The van der Waals surface area contributed by atoms with Crippen LogP contribution in [0.2, 0.25) is 0 Å². The van der Waals surface area contributed by atoms with Crippen LogP contribution < -0.4 is 0 Å². The van der Waals surface area contributed by atoms with Crippen LogP contribution in [0.3, 0.4) is 0 Å². The van der Waals surface area contributed by atoms with E-state index in [1.807, 2.05) is 0 Å². The molecule has 0 atom stereocenters. The molecule has 0 radical (unpaired) electrons. The lowest BCUT2D eigenvalue weighted by atomic mass is 10.4. The van der Waals surface area contributed by atoms with Crippen molar-refractivity contribution in [2.75, 3.05) is 13.2 Å². The number of phosphoric acid groups is 1. The van der Waals surface area contributed by atoms with Crippen LogP contribution in [0, 0.1) is 0 Å². The summed E-state index contributed by atoms with van der Waals surface area (Å²) in [7, 11) is -4.63. The minimum Gasteiger partial charge on any atom is -0.460 e. The summed E-state index contributed by atoms with van der Waals surface area (Å²) in [6.07, 6.45) is 0. The van der Waals surface area contributed by atoms with E-state index in [2.05, 4.69) is 20.9 Å². The van der Waals surface area contributed by atoms with Gasteiger partial charge in [-0.3, -0.25) is 0 Å². The molecule has 0 aromatic heterocycles. The van der Waals surface area contributed by atoms with Crippen molar-refractivity contribution in [1.82, 2.24) is 0 Å². The average molecular weight is 226 g/mol. The minimum absolute atomic E-state index is 0.175. The van der Waals surface area contributed by atoms with Gasteiger partial charge < -0.3 is 14.5 Å². The molecule has 0 amide bonds. The zero-order chi connectivity index (χ0) is 11.2. The van der Waals surface area contributed by atoms with Crippen molar-refractivity contribution in [3.05, 3.63) is 12.2 Å². The first-order chi connectivity index (χ1) is 6.33. The molecule has 0 saturated carbocycles. The topological polar surface area (TPSA) is 102 Å². The summed E-state index contributed by atoms with van der Waals surface area (Å²) in [5, 5.41) is 0. The van der Waals surface area contributed by atoms with Gasteiger partial charge in [0.05, 0.1) is 0 Å². The van der Waals surface area contributed by atoms with Gasteiger partial charge in [-0.25, -0.2) is 14.2 Å². The second kappa shape index (κ2) is 5.90. The first-order valence-electron chi connectivity index (χ1n) is 3.52. The molecule has 0 bridgehead atoms. The molecule has 82 valence electrons. The molecule has 0 rings (SSSR count). The summed E-state index contributed by atoms with van der Waals surface area (Å²) in [6.45, 7) is 4.34. The molecule has 7 nitrogen and oxygen atoms in total. The molecule has 0 aliphatic heterocycles. The van der Waals surface area contributed by atoms with Crippen molar-refractivity contribution in [2.45, 2.75) is 6.92 Å². The molecule has 0 heterocycles. The fraction of sp³-hybridized carbons (Fsp3) is 0.500. The van der Waals surface area contributed by atoms with Crippen LogP contribution in [-0.4, -0.2) is 29.0 Å². The van der Waals surface area contributed by atoms with Gasteiger partial charge in [-0.15, -0.1) is 4.67 Å². The Labute approximate surface area is 80.4 Å². The van der Waals surface area contributed by atoms with E-state index in [4.69, 9.17) is 9.79 Å². The summed E-state index contributed by atoms with van der Waals surface area (Å²) < 4.78 is 18.2. The smallest absolute Gasteiger partial charge is 0.460 e. The fourth-order valence-corrected chi connectivity index (χ4v) is 0.609. The summed E-state index contributed by atoms with van der Waals surface area (Å²) in [6, 6.07) is 0. The molecule has 8 heteroatoms. The van der Waals surface area contributed by atoms with E-state index in [0.717, 1.165) is 0 Å². The van der Waals surface area contributed by atoms with Gasteiger partial charge in [-0.05, 0) is 6.92 Å². The first-order valence-corrected chi connectivity index (χ1v) is 5.05. The second-order valence-electron chi connectivity index (χ2n) is 2.30. The average Bonchev–Trinajstić information content (AvgIpc) is 2.01. The van der Waals surface area contributed by atoms with Gasteiger partial charge in [0.1, 0.15) is 13.2 Å². The highest BCUT2D eigenvalue weighted by Gasteiger charge is 2.14. The third-order valence-corrected chi connectivity index (χ3v) is 1.20. The maximum Gasteiger partial charge on any atom is 0.496 e. The SMILES string of the molecule is C=C(C)C(=O)OCCOOP(=O)(O)O. The number of ether oxygens (including phenoxy) is 1. The maximum absolute atomic E-state index is 10.7.